The Bertz CT molecular complexity index is 589. The lowest BCUT2D eigenvalue weighted by Crippen LogP contribution is -2.59. The first-order valence-corrected chi connectivity index (χ1v) is 7.83. The molecule has 1 atom stereocenters. The fraction of sp³-hybridized carbons (Fsp3) is 0.529. The van der Waals surface area contributed by atoms with E-state index in [-0.39, 0.29) is 17.6 Å². The van der Waals surface area contributed by atoms with E-state index in [2.05, 4.69) is 10.6 Å². The van der Waals surface area contributed by atoms with Gasteiger partial charge in [0.05, 0.1) is 0 Å². The summed E-state index contributed by atoms with van der Waals surface area (Å²) in [6.45, 7) is 7.17. The molecular weight excluding hydrogens is 297 g/mol. The minimum Gasteiger partial charge on any atom is -0.353 e. The number of nitrogens with one attached hydrogen (secondary N) is 2. The summed E-state index contributed by atoms with van der Waals surface area (Å²) in [6, 6.07) is 6.06. The van der Waals surface area contributed by atoms with Gasteiger partial charge in [0.15, 0.2) is 0 Å². The van der Waals surface area contributed by atoms with Gasteiger partial charge >= 0.3 is 0 Å². The third-order valence-corrected chi connectivity index (χ3v) is 4.26. The lowest BCUT2D eigenvalue weighted by Gasteiger charge is -2.35. The van der Waals surface area contributed by atoms with Gasteiger partial charge in [-0.1, -0.05) is 32.0 Å². The van der Waals surface area contributed by atoms with Crippen LogP contribution in [-0.2, 0) is 15.0 Å². The van der Waals surface area contributed by atoms with E-state index in [9.17, 15) is 14.0 Å². The van der Waals surface area contributed by atoms with Crippen LogP contribution in [0.4, 0.5) is 4.39 Å². The molecule has 0 aliphatic carbocycles. The van der Waals surface area contributed by atoms with E-state index < -0.39 is 11.5 Å². The molecular formula is C17H24FN3O2. The maximum atomic E-state index is 14.0. The van der Waals surface area contributed by atoms with Gasteiger partial charge in [0.2, 0.25) is 11.8 Å². The first-order valence-electron chi connectivity index (χ1n) is 7.83. The molecule has 2 amide bonds. The smallest absolute Gasteiger partial charge is 0.244 e. The summed E-state index contributed by atoms with van der Waals surface area (Å²) in [6.07, 6.45) is 0. The van der Waals surface area contributed by atoms with Gasteiger partial charge in [-0.3, -0.25) is 9.59 Å². The van der Waals surface area contributed by atoms with Crippen LogP contribution in [-0.4, -0.2) is 48.9 Å². The Kier molecular flexibility index (Phi) is 5.36. The molecule has 1 aromatic carbocycles. The second-order valence-corrected chi connectivity index (χ2v) is 6.51. The average molecular weight is 321 g/mol. The Morgan fingerprint density at radius 3 is 2.74 bits per heavy atom. The zero-order valence-electron chi connectivity index (χ0n) is 13.9. The molecule has 2 rings (SSSR count). The molecule has 1 fully saturated rings. The van der Waals surface area contributed by atoms with Crippen LogP contribution in [0.1, 0.15) is 26.3 Å². The first kappa shape index (κ1) is 17.4. The topological polar surface area (TPSA) is 61.4 Å². The zero-order valence-corrected chi connectivity index (χ0v) is 13.9. The van der Waals surface area contributed by atoms with Crippen LogP contribution in [0, 0.1) is 5.82 Å². The van der Waals surface area contributed by atoms with Crippen LogP contribution < -0.4 is 10.6 Å². The van der Waals surface area contributed by atoms with Gasteiger partial charge in [-0.15, -0.1) is 0 Å². The molecule has 0 radical (unpaired) electrons. The molecule has 1 heterocycles. The summed E-state index contributed by atoms with van der Waals surface area (Å²) in [5, 5.41) is 5.99. The fourth-order valence-corrected chi connectivity index (χ4v) is 2.85. The number of halogens is 1. The SMILES string of the molecule is CC(=O)N1CCNC[C@H]1C(=O)NCC(C)(C)c1ccccc1F. The molecule has 2 N–H and O–H groups in total. The van der Waals surface area contributed by atoms with Crippen molar-refractivity contribution in [1.82, 2.24) is 15.5 Å². The van der Waals surface area contributed by atoms with E-state index in [4.69, 9.17) is 0 Å². The number of carbonyl (C=O) groups is 2. The quantitative estimate of drug-likeness (QED) is 0.871. The van der Waals surface area contributed by atoms with E-state index in [0.29, 0.717) is 31.7 Å². The predicted octanol–water partition coefficient (Wildman–Crippen LogP) is 1.04. The molecule has 1 saturated heterocycles. The van der Waals surface area contributed by atoms with Crippen LogP contribution in [0.5, 0.6) is 0 Å². The van der Waals surface area contributed by atoms with E-state index in [1.807, 2.05) is 13.8 Å². The normalized spacial score (nSPS) is 18.6. The summed E-state index contributed by atoms with van der Waals surface area (Å²) in [4.78, 5) is 25.7. The van der Waals surface area contributed by atoms with Gasteiger partial charge in [0.25, 0.3) is 0 Å². The first-order chi connectivity index (χ1) is 10.8. The highest BCUT2D eigenvalue weighted by Crippen LogP contribution is 2.24. The number of nitrogens with zero attached hydrogens (tertiary/aromatic N) is 1. The molecule has 5 nitrogen and oxygen atoms in total. The van der Waals surface area contributed by atoms with Gasteiger partial charge in [0, 0.05) is 38.5 Å². The van der Waals surface area contributed by atoms with Gasteiger partial charge in [-0.25, -0.2) is 4.39 Å². The lowest BCUT2D eigenvalue weighted by atomic mass is 9.84. The van der Waals surface area contributed by atoms with Crippen molar-refractivity contribution in [3.63, 3.8) is 0 Å². The second kappa shape index (κ2) is 7.08. The highest BCUT2D eigenvalue weighted by molar-refractivity contribution is 5.87. The standard InChI is InChI=1S/C17H24FN3O2/c1-12(22)21-9-8-19-10-15(21)16(23)20-11-17(2,3)13-6-4-5-7-14(13)18/h4-7,15,19H,8-11H2,1-3H3,(H,20,23)/t15-/m0/s1. The number of rotatable bonds is 4. The van der Waals surface area contributed by atoms with E-state index in [0.717, 1.165) is 0 Å². The Hall–Kier alpha value is -1.95. The number of hydrogen-bond acceptors (Lipinski definition) is 3. The van der Waals surface area contributed by atoms with Gasteiger partial charge < -0.3 is 15.5 Å². The van der Waals surface area contributed by atoms with Crippen molar-refractivity contribution in [1.29, 1.82) is 0 Å². The van der Waals surface area contributed by atoms with Crippen LogP contribution in [0.2, 0.25) is 0 Å². The van der Waals surface area contributed by atoms with E-state index >= 15 is 0 Å². The summed E-state index contributed by atoms with van der Waals surface area (Å²) in [7, 11) is 0. The Morgan fingerprint density at radius 1 is 1.39 bits per heavy atom. The van der Waals surface area contributed by atoms with Gasteiger partial charge in [-0.2, -0.15) is 0 Å². The fourth-order valence-electron chi connectivity index (χ4n) is 2.85. The molecule has 1 aliphatic heterocycles. The van der Waals surface area contributed by atoms with Gasteiger partial charge in [-0.05, 0) is 11.6 Å². The Morgan fingerprint density at radius 2 is 2.09 bits per heavy atom. The van der Waals surface area contributed by atoms with Crippen molar-refractivity contribution < 1.29 is 14.0 Å². The van der Waals surface area contributed by atoms with Crippen LogP contribution in [0.3, 0.4) is 0 Å². The largest absolute Gasteiger partial charge is 0.353 e. The Balaban J connectivity index is 2.03. The van der Waals surface area contributed by atoms with Crippen LogP contribution in [0.15, 0.2) is 24.3 Å². The monoisotopic (exact) mass is 321 g/mol. The average Bonchev–Trinajstić information content (AvgIpc) is 2.53. The number of amides is 2. The summed E-state index contributed by atoms with van der Waals surface area (Å²) in [5.41, 5.74) is 0.0231. The summed E-state index contributed by atoms with van der Waals surface area (Å²) >= 11 is 0. The van der Waals surface area contributed by atoms with Crippen LogP contribution >= 0.6 is 0 Å². The number of hydrogen-bond donors (Lipinski definition) is 2. The van der Waals surface area contributed by atoms with Crippen molar-refractivity contribution in [2.75, 3.05) is 26.2 Å². The third-order valence-electron chi connectivity index (χ3n) is 4.26. The molecule has 0 unspecified atom stereocenters. The molecule has 0 bridgehead atoms. The van der Waals surface area contributed by atoms with Crippen molar-refractivity contribution in [3.05, 3.63) is 35.6 Å². The highest BCUT2D eigenvalue weighted by Gasteiger charge is 2.32. The summed E-state index contributed by atoms with van der Waals surface area (Å²) in [5.74, 6) is -0.603. The lowest BCUT2D eigenvalue weighted by molar-refractivity contribution is -0.140. The number of carbonyl (C=O) groups excluding carboxylic acids is 2. The highest BCUT2D eigenvalue weighted by atomic mass is 19.1. The predicted molar refractivity (Wildman–Crippen MR) is 86.5 cm³/mol. The Labute approximate surface area is 136 Å². The number of benzene rings is 1. The van der Waals surface area contributed by atoms with E-state index in [1.165, 1.54) is 13.0 Å². The van der Waals surface area contributed by atoms with Crippen molar-refractivity contribution >= 4 is 11.8 Å². The van der Waals surface area contributed by atoms with Crippen molar-refractivity contribution in [2.24, 2.45) is 0 Å². The number of piperazine rings is 1. The van der Waals surface area contributed by atoms with Crippen molar-refractivity contribution in [2.45, 2.75) is 32.2 Å². The maximum Gasteiger partial charge on any atom is 0.244 e. The summed E-state index contributed by atoms with van der Waals surface area (Å²) < 4.78 is 14.0. The second-order valence-electron chi connectivity index (χ2n) is 6.51. The third kappa shape index (κ3) is 4.07. The maximum absolute atomic E-state index is 14.0. The molecule has 1 aliphatic rings. The molecule has 0 aromatic heterocycles. The zero-order chi connectivity index (χ0) is 17.0. The van der Waals surface area contributed by atoms with E-state index in [1.54, 1.807) is 23.1 Å². The van der Waals surface area contributed by atoms with Crippen LogP contribution in [0.25, 0.3) is 0 Å². The molecule has 0 saturated carbocycles. The van der Waals surface area contributed by atoms with Gasteiger partial charge in [0.1, 0.15) is 11.9 Å². The molecule has 6 heteroatoms. The molecule has 1 aromatic rings. The molecule has 0 spiro atoms. The van der Waals surface area contributed by atoms with Crippen molar-refractivity contribution in [3.8, 4) is 0 Å². The molecule has 126 valence electrons. The minimum absolute atomic E-state index is 0.111. The minimum atomic E-state index is -0.538. The molecule has 23 heavy (non-hydrogen) atoms.